The summed E-state index contributed by atoms with van der Waals surface area (Å²) in [5.74, 6) is -2.88. The lowest BCUT2D eigenvalue weighted by Gasteiger charge is -2.28. The Hall–Kier alpha value is -2.30. The van der Waals surface area contributed by atoms with Crippen LogP contribution < -0.4 is 4.74 Å². The number of esters is 1. The number of rotatable bonds is 4. The molecule has 0 radical (unpaired) electrons. The van der Waals surface area contributed by atoms with Crippen molar-refractivity contribution in [3.8, 4) is 5.75 Å². The average Bonchev–Trinajstić information content (AvgIpc) is 2.64. The minimum atomic E-state index is -1.13. The lowest BCUT2D eigenvalue weighted by Crippen LogP contribution is -2.14. The van der Waals surface area contributed by atoms with Crippen molar-refractivity contribution >= 4 is 5.97 Å². The molecule has 0 bridgehead atoms. The molecular formula is C21H21F3O2. The van der Waals surface area contributed by atoms with E-state index in [9.17, 15) is 18.0 Å². The van der Waals surface area contributed by atoms with Crippen LogP contribution in [0.4, 0.5) is 13.2 Å². The topological polar surface area (TPSA) is 26.3 Å². The fourth-order valence-corrected chi connectivity index (χ4v) is 3.56. The molecular weight excluding hydrogens is 341 g/mol. The molecule has 0 saturated heterocycles. The van der Waals surface area contributed by atoms with E-state index < -0.39 is 23.4 Å². The Morgan fingerprint density at radius 1 is 0.962 bits per heavy atom. The van der Waals surface area contributed by atoms with Crippen molar-refractivity contribution in [1.29, 1.82) is 0 Å². The third kappa shape index (κ3) is 4.09. The normalized spacial score (nSPS) is 20.0. The van der Waals surface area contributed by atoms with Gasteiger partial charge in [-0.15, -0.1) is 0 Å². The van der Waals surface area contributed by atoms with Crippen molar-refractivity contribution < 1.29 is 22.7 Å². The molecule has 0 aromatic heterocycles. The molecule has 0 unspecified atom stereocenters. The van der Waals surface area contributed by atoms with Crippen LogP contribution in [0.25, 0.3) is 0 Å². The van der Waals surface area contributed by atoms with Gasteiger partial charge in [-0.2, -0.15) is 0 Å². The van der Waals surface area contributed by atoms with Crippen LogP contribution in [-0.4, -0.2) is 5.97 Å². The fourth-order valence-electron chi connectivity index (χ4n) is 3.56. The number of hydrogen-bond acceptors (Lipinski definition) is 2. The maximum atomic E-state index is 14.4. The lowest BCUT2D eigenvalue weighted by molar-refractivity contribution is 0.0729. The second-order valence-corrected chi connectivity index (χ2v) is 6.83. The molecule has 2 aromatic carbocycles. The highest BCUT2D eigenvalue weighted by atomic mass is 19.2. The van der Waals surface area contributed by atoms with E-state index in [1.165, 1.54) is 18.6 Å². The zero-order chi connectivity index (χ0) is 18.7. The molecule has 1 aliphatic rings. The zero-order valence-electron chi connectivity index (χ0n) is 14.6. The molecule has 5 heteroatoms. The van der Waals surface area contributed by atoms with Crippen molar-refractivity contribution in [2.75, 3.05) is 0 Å². The number of ether oxygens (including phenoxy) is 1. The maximum absolute atomic E-state index is 14.4. The van der Waals surface area contributed by atoms with Crippen molar-refractivity contribution in [2.24, 2.45) is 5.92 Å². The summed E-state index contributed by atoms with van der Waals surface area (Å²) in [6.45, 7) is 2.19. The first-order chi connectivity index (χ1) is 12.5. The maximum Gasteiger partial charge on any atom is 0.346 e. The summed E-state index contributed by atoms with van der Waals surface area (Å²) >= 11 is 0. The summed E-state index contributed by atoms with van der Waals surface area (Å²) < 4.78 is 45.5. The van der Waals surface area contributed by atoms with E-state index in [4.69, 9.17) is 4.74 Å². The predicted octanol–water partition coefficient (Wildman–Crippen LogP) is 6.01. The minimum Gasteiger partial charge on any atom is -0.423 e. The van der Waals surface area contributed by atoms with Crippen molar-refractivity contribution in [3.05, 3.63) is 65.0 Å². The first kappa shape index (κ1) is 18.5. The van der Waals surface area contributed by atoms with Crippen LogP contribution in [0.3, 0.4) is 0 Å². The van der Waals surface area contributed by atoms with Crippen LogP contribution in [0.1, 0.15) is 60.9 Å². The average molecular weight is 362 g/mol. The SMILES string of the molecule is CCC1CCC(c2ccc(C(=O)Oc3ccc(F)c(F)c3)c(F)c2)CC1. The summed E-state index contributed by atoms with van der Waals surface area (Å²) in [5.41, 5.74) is 0.669. The third-order valence-electron chi connectivity index (χ3n) is 5.21. The quantitative estimate of drug-likeness (QED) is 0.492. The number of carbonyl (C=O) groups excluding carboxylic acids is 1. The predicted molar refractivity (Wildman–Crippen MR) is 92.7 cm³/mol. The molecule has 2 nitrogen and oxygen atoms in total. The summed E-state index contributed by atoms with van der Waals surface area (Å²) in [7, 11) is 0. The Labute approximate surface area is 151 Å². The van der Waals surface area contributed by atoms with E-state index in [0.29, 0.717) is 5.92 Å². The smallest absolute Gasteiger partial charge is 0.346 e. The van der Waals surface area contributed by atoms with Gasteiger partial charge >= 0.3 is 5.97 Å². The van der Waals surface area contributed by atoms with Gasteiger partial charge in [0.25, 0.3) is 0 Å². The van der Waals surface area contributed by atoms with Gasteiger partial charge < -0.3 is 4.74 Å². The highest BCUT2D eigenvalue weighted by Gasteiger charge is 2.23. The molecule has 0 spiro atoms. The Kier molecular flexibility index (Phi) is 5.64. The van der Waals surface area contributed by atoms with Crippen LogP contribution in [0.2, 0.25) is 0 Å². The molecule has 3 rings (SSSR count). The lowest BCUT2D eigenvalue weighted by atomic mass is 9.78. The fraction of sp³-hybridized carbons (Fsp3) is 0.381. The number of halogens is 3. The van der Waals surface area contributed by atoms with Gasteiger partial charge in [0.05, 0.1) is 5.56 Å². The van der Waals surface area contributed by atoms with Gasteiger partial charge in [-0.3, -0.25) is 0 Å². The van der Waals surface area contributed by atoms with Crippen LogP contribution in [0, 0.1) is 23.4 Å². The van der Waals surface area contributed by atoms with Gasteiger partial charge in [-0.1, -0.05) is 19.4 Å². The molecule has 1 saturated carbocycles. The Balaban J connectivity index is 1.70. The molecule has 1 fully saturated rings. The summed E-state index contributed by atoms with van der Waals surface area (Å²) in [5, 5.41) is 0. The van der Waals surface area contributed by atoms with Crippen molar-refractivity contribution in [1.82, 2.24) is 0 Å². The van der Waals surface area contributed by atoms with Gasteiger partial charge in [0, 0.05) is 6.07 Å². The van der Waals surface area contributed by atoms with Gasteiger partial charge in [-0.25, -0.2) is 18.0 Å². The standard InChI is InChI=1S/C21H21F3O2/c1-2-13-3-5-14(6-4-13)15-7-9-17(19(23)11-15)21(25)26-16-8-10-18(22)20(24)12-16/h7-14H,2-6H2,1H3. The van der Waals surface area contributed by atoms with E-state index in [1.54, 1.807) is 6.07 Å². The molecule has 138 valence electrons. The molecule has 1 aliphatic carbocycles. The highest BCUT2D eigenvalue weighted by Crippen LogP contribution is 2.37. The second-order valence-electron chi connectivity index (χ2n) is 6.83. The van der Waals surface area contributed by atoms with Crippen molar-refractivity contribution in [2.45, 2.75) is 44.9 Å². The number of hydrogen-bond donors (Lipinski definition) is 0. The molecule has 0 amide bonds. The zero-order valence-corrected chi connectivity index (χ0v) is 14.6. The molecule has 0 heterocycles. The molecule has 2 aromatic rings. The van der Waals surface area contributed by atoms with Crippen LogP contribution in [-0.2, 0) is 0 Å². The van der Waals surface area contributed by atoms with Gasteiger partial charge in [0.2, 0.25) is 0 Å². The van der Waals surface area contributed by atoms with Crippen LogP contribution in [0.15, 0.2) is 36.4 Å². The summed E-state index contributed by atoms with van der Waals surface area (Å²) in [4.78, 5) is 12.1. The van der Waals surface area contributed by atoms with Crippen LogP contribution in [0.5, 0.6) is 5.75 Å². The third-order valence-corrected chi connectivity index (χ3v) is 5.21. The number of carbonyl (C=O) groups is 1. The molecule has 0 atom stereocenters. The number of benzene rings is 2. The van der Waals surface area contributed by atoms with E-state index in [0.717, 1.165) is 55.4 Å². The molecule has 26 heavy (non-hydrogen) atoms. The highest BCUT2D eigenvalue weighted by molar-refractivity contribution is 5.91. The summed E-state index contributed by atoms with van der Waals surface area (Å²) in [6.07, 6.45) is 5.51. The largest absolute Gasteiger partial charge is 0.423 e. The van der Waals surface area contributed by atoms with Gasteiger partial charge in [-0.05, 0) is 67.3 Å². The monoisotopic (exact) mass is 362 g/mol. The Morgan fingerprint density at radius 2 is 1.69 bits per heavy atom. The van der Waals surface area contributed by atoms with Gasteiger partial charge in [0.15, 0.2) is 11.6 Å². The van der Waals surface area contributed by atoms with Crippen molar-refractivity contribution in [3.63, 3.8) is 0 Å². The molecule has 0 N–H and O–H groups in total. The minimum absolute atomic E-state index is 0.171. The van der Waals surface area contributed by atoms with E-state index >= 15 is 0 Å². The summed E-state index contributed by atoms with van der Waals surface area (Å²) in [6, 6.07) is 7.27. The van der Waals surface area contributed by atoms with E-state index in [2.05, 4.69) is 6.92 Å². The first-order valence-electron chi connectivity index (χ1n) is 8.94. The van der Waals surface area contributed by atoms with E-state index in [-0.39, 0.29) is 11.3 Å². The first-order valence-corrected chi connectivity index (χ1v) is 8.94. The second kappa shape index (κ2) is 7.94. The van der Waals surface area contributed by atoms with Crippen LogP contribution >= 0.6 is 0 Å². The van der Waals surface area contributed by atoms with E-state index in [1.807, 2.05) is 0 Å². The Bertz CT molecular complexity index is 796. The van der Waals surface area contributed by atoms with Gasteiger partial charge in [0.1, 0.15) is 11.6 Å². The molecule has 0 aliphatic heterocycles. The Morgan fingerprint density at radius 3 is 2.31 bits per heavy atom.